The predicted molar refractivity (Wildman–Crippen MR) is 76.5 cm³/mol. The number of hydrogen-bond donors (Lipinski definition) is 2. The number of thiophene rings is 1. The van der Waals surface area contributed by atoms with E-state index in [1.807, 2.05) is 11.4 Å². The molecule has 1 atom stereocenters. The Morgan fingerprint density at radius 1 is 1.41 bits per heavy atom. The van der Waals surface area contributed by atoms with Gasteiger partial charge in [-0.05, 0) is 39.5 Å². The van der Waals surface area contributed by atoms with Gasteiger partial charge in [0.1, 0.15) is 0 Å². The van der Waals surface area contributed by atoms with Gasteiger partial charge in [-0.25, -0.2) is 0 Å². The smallest absolute Gasteiger partial charge is 0.0858 e. The lowest BCUT2D eigenvalue weighted by Crippen LogP contribution is -2.04. The van der Waals surface area contributed by atoms with Crippen LogP contribution < -0.4 is 5.73 Å². The number of nitrogen functional groups attached to an aromatic ring is 1. The standard InChI is InChI=1S/C12H11BrClNOS/c13-9-3-4-17-12(9)6-11(16)8-2-1-7(14)5-10(8)15/h1-5,11,16H,6,15H2. The van der Waals surface area contributed by atoms with E-state index in [2.05, 4.69) is 15.9 Å². The molecular formula is C12H11BrClNOS. The quantitative estimate of drug-likeness (QED) is 0.834. The minimum absolute atomic E-state index is 0.526. The highest BCUT2D eigenvalue weighted by Crippen LogP contribution is 2.31. The molecule has 0 aliphatic carbocycles. The molecule has 1 heterocycles. The predicted octanol–water partition coefficient (Wildman–Crippen LogP) is 4.02. The molecule has 2 aromatic rings. The second-order valence-corrected chi connectivity index (χ2v) is 5.98. The van der Waals surface area contributed by atoms with Crippen molar-refractivity contribution >= 4 is 44.6 Å². The van der Waals surface area contributed by atoms with Crippen molar-refractivity contribution < 1.29 is 5.11 Å². The number of halogens is 2. The Kier molecular flexibility index (Phi) is 4.09. The number of nitrogens with two attached hydrogens (primary N) is 1. The van der Waals surface area contributed by atoms with Crippen LogP contribution in [0.25, 0.3) is 0 Å². The highest BCUT2D eigenvalue weighted by molar-refractivity contribution is 9.10. The number of aliphatic hydroxyl groups excluding tert-OH is 1. The van der Waals surface area contributed by atoms with Gasteiger partial charge in [-0.15, -0.1) is 11.3 Å². The van der Waals surface area contributed by atoms with Crippen molar-refractivity contribution in [2.24, 2.45) is 0 Å². The highest BCUT2D eigenvalue weighted by atomic mass is 79.9. The summed E-state index contributed by atoms with van der Waals surface area (Å²) in [4.78, 5) is 1.10. The van der Waals surface area contributed by atoms with Crippen LogP contribution in [-0.2, 0) is 6.42 Å². The molecule has 2 nitrogen and oxygen atoms in total. The second-order valence-electron chi connectivity index (χ2n) is 3.68. The van der Waals surface area contributed by atoms with E-state index < -0.39 is 6.10 Å². The molecule has 0 saturated heterocycles. The van der Waals surface area contributed by atoms with Gasteiger partial charge < -0.3 is 10.8 Å². The van der Waals surface area contributed by atoms with E-state index >= 15 is 0 Å². The van der Waals surface area contributed by atoms with Gasteiger partial charge in [-0.2, -0.15) is 0 Å². The lowest BCUT2D eigenvalue weighted by Gasteiger charge is -2.13. The summed E-state index contributed by atoms with van der Waals surface area (Å²) in [6.07, 6.45) is -0.0633. The SMILES string of the molecule is Nc1cc(Cl)ccc1C(O)Cc1sccc1Br. The first kappa shape index (κ1) is 12.9. The van der Waals surface area contributed by atoms with Gasteiger partial charge in [-0.1, -0.05) is 17.7 Å². The van der Waals surface area contributed by atoms with E-state index in [9.17, 15) is 5.11 Å². The fourth-order valence-electron chi connectivity index (χ4n) is 1.61. The summed E-state index contributed by atoms with van der Waals surface area (Å²) in [6.45, 7) is 0. The number of aliphatic hydroxyl groups is 1. The van der Waals surface area contributed by atoms with Crippen LogP contribution in [0.4, 0.5) is 5.69 Å². The lowest BCUT2D eigenvalue weighted by atomic mass is 10.0. The first-order valence-electron chi connectivity index (χ1n) is 5.03. The molecule has 1 unspecified atom stereocenters. The molecular weight excluding hydrogens is 322 g/mol. The lowest BCUT2D eigenvalue weighted by molar-refractivity contribution is 0.180. The molecule has 1 aromatic carbocycles. The molecule has 0 spiro atoms. The summed E-state index contributed by atoms with van der Waals surface area (Å²) in [5, 5.41) is 12.7. The Hall–Kier alpha value is -0.550. The van der Waals surface area contributed by atoms with Crippen molar-refractivity contribution in [3.63, 3.8) is 0 Å². The van der Waals surface area contributed by atoms with Crippen LogP contribution in [0, 0.1) is 0 Å². The molecule has 0 bridgehead atoms. The van der Waals surface area contributed by atoms with Gasteiger partial charge in [0.2, 0.25) is 0 Å². The van der Waals surface area contributed by atoms with Gasteiger partial charge in [-0.3, -0.25) is 0 Å². The van der Waals surface area contributed by atoms with Crippen LogP contribution >= 0.6 is 38.9 Å². The van der Waals surface area contributed by atoms with Gasteiger partial charge in [0.25, 0.3) is 0 Å². The fourth-order valence-corrected chi connectivity index (χ4v) is 3.34. The van der Waals surface area contributed by atoms with Gasteiger partial charge in [0.15, 0.2) is 0 Å². The maximum atomic E-state index is 10.2. The summed E-state index contributed by atoms with van der Waals surface area (Å²) < 4.78 is 1.02. The summed E-state index contributed by atoms with van der Waals surface area (Å²) >= 11 is 10.9. The Balaban J connectivity index is 2.20. The average Bonchev–Trinajstić information content (AvgIpc) is 2.64. The van der Waals surface area contributed by atoms with Crippen LogP contribution in [0.5, 0.6) is 0 Å². The molecule has 0 aliphatic rings. The minimum atomic E-state index is -0.609. The van der Waals surface area contributed by atoms with Crippen molar-refractivity contribution in [2.45, 2.75) is 12.5 Å². The third-order valence-corrected chi connectivity index (χ3v) is 4.66. The van der Waals surface area contributed by atoms with Crippen LogP contribution in [0.1, 0.15) is 16.5 Å². The number of hydrogen-bond acceptors (Lipinski definition) is 3. The monoisotopic (exact) mass is 331 g/mol. The van der Waals surface area contributed by atoms with Gasteiger partial charge in [0, 0.05) is 32.0 Å². The Morgan fingerprint density at radius 2 is 2.18 bits per heavy atom. The van der Waals surface area contributed by atoms with Crippen LogP contribution in [-0.4, -0.2) is 5.11 Å². The van der Waals surface area contributed by atoms with Gasteiger partial charge >= 0.3 is 0 Å². The third kappa shape index (κ3) is 3.01. The van der Waals surface area contributed by atoms with E-state index in [0.29, 0.717) is 17.1 Å². The van der Waals surface area contributed by atoms with E-state index in [-0.39, 0.29) is 0 Å². The van der Waals surface area contributed by atoms with E-state index in [4.69, 9.17) is 17.3 Å². The molecule has 0 amide bonds. The number of benzene rings is 1. The zero-order valence-corrected chi connectivity index (χ0v) is 12.0. The van der Waals surface area contributed by atoms with E-state index in [0.717, 1.165) is 14.9 Å². The first-order valence-corrected chi connectivity index (χ1v) is 7.08. The molecule has 0 aliphatic heterocycles. The molecule has 17 heavy (non-hydrogen) atoms. The summed E-state index contributed by atoms with van der Waals surface area (Å²) in [6, 6.07) is 7.13. The molecule has 90 valence electrons. The van der Waals surface area contributed by atoms with Crippen LogP contribution in [0.15, 0.2) is 34.1 Å². The van der Waals surface area contributed by atoms with Crippen molar-refractivity contribution in [2.75, 3.05) is 5.73 Å². The topological polar surface area (TPSA) is 46.2 Å². The molecule has 0 radical (unpaired) electrons. The molecule has 0 saturated carbocycles. The van der Waals surface area contributed by atoms with Crippen molar-refractivity contribution in [3.8, 4) is 0 Å². The zero-order chi connectivity index (χ0) is 12.4. The minimum Gasteiger partial charge on any atom is -0.398 e. The maximum Gasteiger partial charge on any atom is 0.0858 e. The highest BCUT2D eigenvalue weighted by Gasteiger charge is 2.14. The van der Waals surface area contributed by atoms with E-state index in [1.165, 1.54) is 0 Å². The maximum absolute atomic E-state index is 10.2. The zero-order valence-electron chi connectivity index (χ0n) is 8.86. The second kappa shape index (κ2) is 5.40. The summed E-state index contributed by atoms with van der Waals surface area (Å²) in [5.41, 5.74) is 7.08. The van der Waals surface area contributed by atoms with Crippen LogP contribution in [0.2, 0.25) is 5.02 Å². The number of rotatable bonds is 3. The number of anilines is 1. The Bertz CT molecular complexity index is 529. The summed E-state index contributed by atoms with van der Waals surface area (Å²) in [7, 11) is 0. The largest absolute Gasteiger partial charge is 0.398 e. The molecule has 5 heteroatoms. The average molecular weight is 333 g/mol. The van der Waals surface area contributed by atoms with Crippen LogP contribution in [0.3, 0.4) is 0 Å². The molecule has 0 fully saturated rings. The van der Waals surface area contributed by atoms with E-state index in [1.54, 1.807) is 29.5 Å². The molecule has 3 N–H and O–H groups in total. The van der Waals surface area contributed by atoms with Gasteiger partial charge in [0.05, 0.1) is 6.10 Å². The molecule has 1 aromatic heterocycles. The Morgan fingerprint density at radius 3 is 2.76 bits per heavy atom. The van der Waals surface area contributed by atoms with Crippen molar-refractivity contribution in [1.82, 2.24) is 0 Å². The first-order chi connectivity index (χ1) is 8.08. The van der Waals surface area contributed by atoms with Crippen molar-refractivity contribution in [3.05, 3.63) is 49.6 Å². The summed E-state index contributed by atoms with van der Waals surface area (Å²) in [5.74, 6) is 0. The molecule has 2 rings (SSSR count). The fraction of sp³-hybridized carbons (Fsp3) is 0.167. The Labute approximate surface area is 117 Å². The third-order valence-electron chi connectivity index (χ3n) is 2.48. The normalized spacial score (nSPS) is 12.6. The van der Waals surface area contributed by atoms with Crippen molar-refractivity contribution in [1.29, 1.82) is 0 Å².